The number of pyridine rings is 1. The average Bonchev–Trinajstić information content (AvgIpc) is 2.27. The molecule has 2 aromatic rings. The summed E-state index contributed by atoms with van der Waals surface area (Å²) in [5, 5.41) is 18.2. The van der Waals surface area contributed by atoms with E-state index in [4.69, 9.17) is 5.26 Å². The van der Waals surface area contributed by atoms with Crippen molar-refractivity contribution in [2.45, 2.75) is 6.18 Å². The Hall–Kier alpha value is -2.29. The number of fused-ring (bicyclic) bond motifs is 1. The summed E-state index contributed by atoms with van der Waals surface area (Å²) in [5.41, 5.74) is -0.919. The fraction of sp³-hybridized carbons (Fsp3) is 0.0909. The van der Waals surface area contributed by atoms with Crippen molar-refractivity contribution in [3.05, 3.63) is 35.5 Å². The maximum Gasteiger partial charge on any atom is 0.433 e. The highest BCUT2D eigenvalue weighted by atomic mass is 19.4. The minimum Gasteiger partial charge on any atom is -0.507 e. The van der Waals surface area contributed by atoms with Crippen LogP contribution in [-0.4, -0.2) is 10.1 Å². The molecule has 3 nitrogen and oxygen atoms in total. The van der Waals surface area contributed by atoms with Gasteiger partial charge in [0, 0.05) is 11.5 Å². The molecule has 1 N–H and O–H groups in total. The number of aromatic nitrogens is 1. The molecule has 0 saturated heterocycles. The highest BCUT2D eigenvalue weighted by Crippen LogP contribution is 2.33. The molecule has 86 valence electrons. The van der Waals surface area contributed by atoms with Crippen LogP contribution < -0.4 is 0 Å². The number of benzene rings is 1. The van der Waals surface area contributed by atoms with Crippen LogP contribution in [0.3, 0.4) is 0 Å². The molecule has 0 spiro atoms. The summed E-state index contributed by atoms with van der Waals surface area (Å²) >= 11 is 0. The maximum atomic E-state index is 12.4. The van der Waals surface area contributed by atoms with Crippen molar-refractivity contribution in [1.82, 2.24) is 4.98 Å². The molecule has 6 heteroatoms. The normalized spacial score (nSPS) is 11.4. The van der Waals surface area contributed by atoms with Gasteiger partial charge in [0.15, 0.2) is 0 Å². The molecule has 0 bridgehead atoms. The van der Waals surface area contributed by atoms with E-state index in [1.54, 1.807) is 0 Å². The largest absolute Gasteiger partial charge is 0.507 e. The van der Waals surface area contributed by atoms with Gasteiger partial charge in [0.1, 0.15) is 11.4 Å². The van der Waals surface area contributed by atoms with Gasteiger partial charge in [-0.1, -0.05) is 0 Å². The molecule has 1 heterocycles. The van der Waals surface area contributed by atoms with Crippen LogP contribution in [0, 0.1) is 11.3 Å². The number of nitrogens with zero attached hydrogens (tertiary/aromatic N) is 2. The van der Waals surface area contributed by atoms with Crippen molar-refractivity contribution in [1.29, 1.82) is 5.26 Å². The van der Waals surface area contributed by atoms with Gasteiger partial charge >= 0.3 is 6.18 Å². The lowest BCUT2D eigenvalue weighted by Gasteiger charge is -2.08. The summed E-state index contributed by atoms with van der Waals surface area (Å²) in [6, 6.07) is 6.27. The van der Waals surface area contributed by atoms with Crippen molar-refractivity contribution in [2.75, 3.05) is 0 Å². The zero-order valence-corrected chi connectivity index (χ0v) is 8.28. The van der Waals surface area contributed by atoms with E-state index >= 15 is 0 Å². The molecule has 0 amide bonds. The van der Waals surface area contributed by atoms with Crippen LogP contribution in [0.25, 0.3) is 10.9 Å². The Bertz CT molecular complexity index is 629. The van der Waals surface area contributed by atoms with E-state index in [1.807, 2.05) is 6.07 Å². The first-order valence-corrected chi connectivity index (χ1v) is 4.53. The molecule has 0 radical (unpaired) electrons. The predicted octanol–water partition coefficient (Wildman–Crippen LogP) is 2.83. The third kappa shape index (κ3) is 1.99. The third-order valence-electron chi connectivity index (χ3n) is 2.21. The van der Waals surface area contributed by atoms with Gasteiger partial charge < -0.3 is 5.11 Å². The second-order valence-electron chi connectivity index (χ2n) is 3.37. The smallest absolute Gasteiger partial charge is 0.433 e. The minimum absolute atomic E-state index is 0.00340. The number of halogens is 3. The first kappa shape index (κ1) is 11.2. The summed E-state index contributed by atoms with van der Waals surface area (Å²) in [6.07, 6.45) is -4.61. The summed E-state index contributed by atoms with van der Waals surface area (Å²) in [6.45, 7) is 0. The summed E-state index contributed by atoms with van der Waals surface area (Å²) in [7, 11) is 0. The molecule has 0 aliphatic rings. The van der Waals surface area contributed by atoms with Crippen molar-refractivity contribution < 1.29 is 18.3 Å². The van der Waals surface area contributed by atoms with E-state index in [2.05, 4.69) is 4.98 Å². The van der Waals surface area contributed by atoms with E-state index in [0.29, 0.717) is 6.07 Å². The molecular weight excluding hydrogens is 233 g/mol. The SMILES string of the molecule is N#Cc1ccc2nc(C(F)(F)F)cc(O)c2c1. The second kappa shape index (κ2) is 3.63. The number of alkyl halides is 3. The van der Waals surface area contributed by atoms with Crippen LogP contribution in [-0.2, 0) is 6.18 Å². The van der Waals surface area contributed by atoms with E-state index in [9.17, 15) is 18.3 Å². The van der Waals surface area contributed by atoms with Crippen LogP contribution in [0.2, 0.25) is 0 Å². The Morgan fingerprint density at radius 3 is 2.53 bits per heavy atom. The number of nitriles is 1. The van der Waals surface area contributed by atoms with Crippen molar-refractivity contribution in [3.8, 4) is 11.8 Å². The van der Waals surface area contributed by atoms with E-state index in [-0.39, 0.29) is 16.5 Å². The Kier molecular flexibility index (Phi) is 2.39. The number of hydrogen-bond acceptors (Lipinski definition) is 3. The first-order valence-electron chi connectivity index (χ1n) is 4.53. The van der Waals surface area contributed by atoms with Gasteiger partial charge in [0.2, 0.25) is 0 Å². The van der Waals surface area contributed by atoms with Gasteiger partial charge in [-0.2, -0.15) is 18.4 Å². The molecule has 17 heavy (non-hydrogen) atoms. The molecule has 2 rings (SSSR count). The van der Waals surface area contributed by atoms with Crippen molar-refractivity contribution in [2.24, 2.45) is 0 Å². The number of hydrogen-bond donors (Lipinski definition) is 1. The quantitative estimate of drug-likeness (QED) is 0.767. The van der Waals surface area contributed by atoms with Crippen LogP contribution in [0.15, 0.2) is 24.3 Å². The summed E-state index contributed by atoms with van der Waals surface area (Å²) in [4.78, 5) is 3.39. The van der Waals surface area contributed by atoms with E-state index in [0.717, 1.165) is 0 Å². The summed E-state index contributed by atoms with van der Waals surface area (Å²) in [5.74, 6) is -0.542. The average molecular weight is 238 g/mol. The molecular formula is C11H5F3N2O. The Morgan fingerprint density at radius 1 is 1.24 bits per heavy atom. The lowest BCUT2D eigenvalue weighted by molar-refractivity contribution is -0.141. The third-order valence-corrected chi connectivity index (χ3v) is 2.21. The number of rotatable bonds is 0. The zero-order chi connectivity index (χ0) is 12.6. The monoisotopic (exact) mass is 238 g/mol. The van der Waals surface area contributed by atoms with E-state index < -0.39 is 17.6 Å². The Morgan fingerprint density at radius 2 is 1.94 bits per heavy atom. The lowest BCUT2D eigenvalue weighted by Crippen LogP contribution is -2.07. The van der Waals surface area contributed by atoms with Gasteiger partial charge in [-0.15, -0.1) is 0 Å². The molecule has 1 aromatic carbocycles. The molecule has 0 aliphatic carbocycles. The van der Waals surface area contributed by atoms with Crippen molar-refractivity contribution >= 4 is 10.9 Å². The van der Waals surface area contributed by atoms with Gasteiger partial charge in [-0.25, -0.2) is 4.98 Å². The van der Waals surface area contributed by atoms with Gasteiger partial charge in [0.25, 0.3) is 0 Å². The van der Waals surface area contributed by atoms with Gasteiger partial charge in [0.05, 0.1) is 17.1 Å². The Labute approximate surface area is 93.7 Å². The number of aromatic hydroxyl groups is 1. The van der Waals surface area contributed by atoms with Crippen LogP contribution >= 0.6 is 0 Å². The molecule has 0 atom stereocenters. The highest BCUT2D eigenvalue weighted by molar-refractivity contribution is 5.86. The highest BCUT2D eigenvalue weighted by Gasteiger charge is 2.33. The minimum atomic E-state index is -4.61. The molecule has 0 saturated carbocycles. The zero-order valence-electron chi connectivity index (χ0n) is 8.28. The molecule has 0 aliphatic heterocycles. The van der Waals surface area contributed by atoms with Gasteiger partial charge in [-0.05, 0) is 18.2 Å². The van der Waals surface area contributed by atoms with E-state index in [1.165, 1.54) is 18.2 Å². The second-order valence-corrected chi connectivity index (χ2v) is 3.37. The van der Waals surface area contributed by atoms with Crippen LogP contribution in [0.1, 0.15) is 11.3 Å². The van der Waals surface area contributed by atoms with Crippen LogP contribution in [0.4, 0.5) is 13.2 Å². The molecule has 1 aromatic heterocycles. The molecule has 0 fully saturated rings. The first-order chi connectivity index (χ1) is 7.91. The Balaban J connectivity index is 2.73. The topological polar surface area (TPSA) is 56.9 Å². The van der Waals surface area contributed by atoms with Crippen molar-refractivity contribution in [3.63, 3.8) is 0 Å². The van der Waals surface area contributed by atoms with Gasteiger partial charge in [-0.3, -0.25) is 0 Å². The standard InChI is InChI=1S/C11H5F3N2O/c12-11(13,14)10-4-9(17)7-3-6(5-15)1-2-8(7)16-10/h1-4H,(H,16,17). The summed E-state index contributed by atoms with van der Waals surface area (Å²) < 4.78 is 37.2. The predicted molar refractivity (Wildman–Crippen MR) is 53.1 cm³/mol. The fourth-order valence-electron chi connectivity index (χ4n) is 1.42. The maximum absolute atomic E-state index is 12.4. The molecule has 0 unspecified atom stereocenters. The van der Waals surface area contributed by atoms with Crippen LogP contribution in [0.5, 0.6) is 5.75 Å². The lowest BCUT2D eigenvalue weighted by atomic mass is 10.1. The fourth-order valence-corrected chi connectivity index (χ4v) is 1.42.